The summed E-state index contributed by atoms with van der Waals surface area (Å²) in [6, 6.07) is 0. The molecule has 1 aromatic rings. The molecule has 0 radical (unpaired) electrons. The number of sulfonamides is 1. The molecule has 3 aliphatic rings. The van der Waals surface area contributed by atoms with E-state index >= 15 is 0 Å². The maximum Gasteiger partial charge on any atom is 0.246 e. The van der Waals surface area contributed by atoms with E-state index in [2.05, 4.69) is 17.0 Å². The van der Waals surface area contributed by atoms with Crippen LogP contribution in [-0.2, 0) is 26.2 Å². The third-order valence-electron chi connectivity index (χ3n) is 7.27. The van der Waals surface area contributed by atoms with Crippen molar-refractivity contribution in [3.63, 3.8) is 0 Å². The SMILES string of the molecule is Cc1nn(CC(=O)N2CCCC2)c(C)c1S(=O)(=O)N1CCC(C(=O)N2CCN(C)CC2)CC1. The summed E-state index contributed by atoms with van der Waals surface area (Å²) in [7, 11) is -1.69. The Labute approximate surface area is 196 Å². The van der Waals surface area contributed by atoms with Crippen molar-refractivity contribution in [1.29, 1.82) is 0 Å². The number of amides is 2. The molecule has 3 saturated heterocycles. The lowest BCUT2D eigenvalue weighted by molar-refractivity contribution is -0.138. The maximum absolute atomic E-state index is 13.5. The van der Waals surface area contributed by atoms with Crippen LogP contribution in [0.25, 0.3) is 0 Å². The van der Waals surface area contributed by atoms with E-state index < -0.39 is 10.0 Å². The number of hydrogen-bond donors (Lipinski definition) is 0. The van der Waals surface area contributed by atoms with Gasteiger partial charge in [-0.1, -0.05) is 0 Å². The molecule has 33 heavy (non-hydrogen) atoms. The standard InChI is InChI=1S/C22H36N6O4S/c1-17-21(18(2)28(23-17)16-20(29)25-8-4-5-9-25)33(31,32)27-10-6-19(7-11-27)22(30)26-14-12-24(3)13-15-26/h19H,4-16H2,1-3H3. The Morgan fingerprint density at radius 3 is 2.12 bits per heavy atom. The number of piperidine rings is 1. The van der Waals surface area contributed by atoms with E-state index in [1.807, 2.05) is 9.80 Å². The number of aromatic nitrogens is 2. The van der Waals surface area contributed by atoms with Gasteiger partial charge in [0.1, 0.15) is 11.4 Å². The fourth-order valence-corrected chi connectivity index (χ4v) is 7.00. The molecule has 0 bridgehead atoms. The number of nitrogens with zero attached hydrogens (tertiary/aromatic N) is 6. The van der Waals surface area contributed by atoms with Crippen LogP contribution in [-0.4, -0.2) is 108 Å². The summed E-state index contributed by atoms with van der Waals surface area (Å²) in [5.41, 5.74) is 0.910. The predicted octanol–water partition coefficient (Wildman–Crippen LogP) is 0.297. The Hall–Kier alpha value is -1.98. The summed E-state index contributed by atoms with van der Waals surface area (Å²) in [6.45, 7) is 8.84. The van der Waals surface area contributed by atoms with Crippen LogP contribution in [0.5, 0.6) is 0 Å². The van der Waals surface area contributed by atoms with Gasteiger partial charge < -0.3 is 14.7 Å². The van der Waals surface area contributed by atoms with Crippen LogP contribution in [0.2, 0.25) is 0 Å². The highest BCUT2D eigenvalue weighted by Crippen LogP contribution is 2.29. The lowest BCUT2D eigenvalue weighted by Gasteiger charge is -2.37. The van der Waals surface area contributed by atoms with Gasteiger partial charge in [-0.05, 0) is 46.6 Å². The fraction of sp³-hybridized carbons (Fsp3) is 0.773. The molecule has 2 amide bonds. The molecule has 10 nitrogen and oxygen atoms in total. The zero-order valence-electron chi connectivity index (χ0n) is 20.0. The van der Waals surface area contributed by atoms with Gasteiger partial charge in [0, 0.05) is 58.3 Å². The monoisotopic (exact) mass is 480 g/mol. The summed E-state index contributed by atoms with van der Waals surface area (Å²) < 4.78 is 29.9. The van der Waals surface area contributed by atoms with Crippen molar-refractivity contribution in [2.24, 2.45) is 5.92 Å². The average molecular weight is 481 g/mol. The number of carbonyl (C=O) groups is 2. The summed E-state index contributed by atoms with van der Waals surface area (Å²) in [5.74, 6) is 0.00823. The van der Waals surface area contributed by atoms with Crippen molar-refractivity contribution in [3.05, 3.63) is 11.4 Å². The molecule has 0 spiro atoms. The topological polar surface area (TPSA) is 99.1 Å². The lowest BCUT2D eigenvalue weighted by Crippen LogP contribution is -2.51. The normalized spacial score (nSPS) is 21.7. The van der Waals surface area contributed by atoms with E-state index in [4.69, 9.17) is 0 Å². The fourth-order valence-electron chi connectivity index (χ4n) is 5.16. The molecule has 184 valence electrons. The van der Waals surface area contributed by atoms with Crippen LogP contribution < -0.4 is 0 Å². The quantitative estimate of drug-likeness (QED) is 0.601. The zero-order valence-corrected chi connectivity index (χ0v) is 20.8. The molecular formula is C22H36N6O4S. The first-order valence-electron chi connectivity index (χ1n) is 12.0. The molecular weight excluding hydrogens is 444 g/mol. The summed E-state index contributed by atoms with van der Waals surface area (Å²) in [5, 5.41) is 4.39. The third-order valence-corrected chi connectivity index (χ3v) is 9.43. The van der Waals surface area contributed by atoms with Gasteiger partial charge in [0.15, 0.2) is 0 Å². The van der Waals surface area contributed by atoms with Crippen LogP contribution in [0.1, 0.15) is 37.1 Å². The van der Waals surface area contributed by atoms with Crippen molar-refractivity contribution < 1.29 is 18.0 Å². The van der Waals surface area contributed by atoms with E-state index in [-0.39, 0.29) is 29.2 Å². The molecule has 4 rings (SSSR count). The highest BCUT2D eigenvalue weighted by Gasteiger charge is 2.37. The minimum atomic E-state index is -3.75. The smallest absolute Gasteiger partial charge is 0.246 e. The molecule has 0 aliphatic carbocycles. The first kappa shape index (κ1) is 24.2. The minimum Gasteiger partial charge on any atom is -0.341 e. The Morgan fingerprint density at radius 1 is 0.909 bits per heavy atom. The van der Waals surface area contributed by atoms with Crippen LogP contribution in [0.3, 0.4) is 0 Å². The van der Waals surface area contributed by atoms with Crippen LogP contribution in [0, 0.1) is 19.8 Å². The number of likely N-dealkylation sites (N-methyl/N-ethyl adjacent to an activating group) is 1. The predicted molar refractivity (Wildman–Crippen MR) is 123 cm³/mol. The van der Waals surface area contributed by atoms with Gasteiger partial charge in [0.2, 0.25) is 21.8 Å². The van der Waals surface area contributed by atoms with Gasteiger partial charge in [0.25, 0.3) is 0 Å². The largest absolute Gasteiger partial charge is 0.341 e. The summed E-state index contributed by atoms with van der Waals surface area (Å²) in [6.07, 6.45) is 3.08. The van der Waals surface area contributed by atoms with E-state index in [9.17, 15) is 18.0 Å². The van der Waals surface area contributed by atoms with Crippen molar-refractivity contribution in [1.82, 2.24) is 28.8 Å². The summed E-state index contributed by atoms with van der Waals surface area (Å²) in [4.78, 5) is 31.6. The van der Waals surface area contributed by atoms with Gasteiger partial charge >= 0.3 is 0 Å². The highest BCUT2D eigenvalue weighted by molar-refractivity contribution is 7.89. The first-order valence-corrected chi connectivity index (χ1v) is 13.4. The molecule has 0 N–H and O–H groups in total. The molecule has 1 aromatic heterocycles. The highest BCUT2D eigenvalue weighted by atomic mass is 32.2. The number of carbonyl (C=O) groups excluding carboxylic acids is 2. The van der Waals surface area contributed by atoms with E-state index in [0.29, 0.717) is 37.3 Å². The van der Waals surface area contributed by atoms with Crippen LogP contribution >= 0.6 is 0 Å². The Kier molecular flexibility index (Phi) is 7.11. The van der Waals surface area contributed by atoms with E-state index in [1.54, 1.807) is 13.8 Å². The third kappa shape index (κ3) is 4.95. The van der Waals surface area contributed by atoms with Crippen molar-refractivity contribution in [3.8, 4) is 0 Å². The number of rotatable bonds is 5. The Morgan fingerprint density at radius 2 is 1.52 bits per heavy atom. The van der Waals surface area contributed by atoms with Crippen LogP contribution in [0.15, 0.2) is 4.90 Å². The Bertz CT molecular complexity index is 985. The number of piperazine rings is 1. The molecule has 4 heterocycles. The van der Waals surface area contributed by atoms with Crippen LogP contribution in [0.4, 0.5) is 0 Å². The second kappa shape index (κ2) is 9.71. The van der Waals surface area contributed by atoms with Gasteiger partial charge in [-0.3, -0.25) is 14.3 Å². The lowest BCUT2D eigenvalue weighted by atomic mass is 9.96. The van der Waals surface area contributed by atoms with Crippen molar-refractivity contribution in [2.45, 2.75) is 51.0 Å². The molecule has 0 saturated carbocycles. The molecule has 0 atom stereocenters. The Balaban J connectivity index is 1.41. The van der Waals surface area contributed by atoms with E-state index in [0.717, 1.165) is 52.1 Å². The second-order valence-electron chi connectivity index (χ2n) is 9.55. The summed E-state index contributed by atoms with van der Waals surface area (Å²) >= 11 is 0. The minimum absolute atomic E-state index is 0.0229. The van der Waals surface area contributed by atoms with Gasteiger partial charge in [0.05, 0.1) is 11.4 Å². The average Bonchev–Trinajstić information content (AvgIpc) is 3.42. The van der Waals surface area contributed by atoms with Crippen molar-refractivity contribution >= 4 is 21.8 Å². The van der Waals surface area contributed by atoms with Gasteiger partial charge in [-0.2, -0.15) is 9.40 Å². The van der Waals surface area contributed by atoms with Gasteiger partial charge in [-0.25, -0.2) is 8.42 Å². The molecule has 3 aliphatic heterocycles. The van der Waals surface area contributed by atoms with E-state index in [1.165, 1.54) is 8.99 Å². The number of hydrogen-bond acceptors (Lipinski definition) is 6. The molecule has 3 fully saturated rings. The molecule has 0 aromatic carbocycles. The number of aryl methyl sites for hydroxylation is 1. The van der Waals surface area contributed by atoms with Gasteiger partial charge in [-0.15, -0.1) is 0 Å². The maximum atomic E-state index is 13.5. The number of likely N-dealkylation sites (tertiary alicyclic amines) is 1. The molecule has 11 heteroatoms. The zero-order chi connectivity index (χ0) is 23.8. The first-order chi connectivity index (χ1) is 15.7. The second-order valence-corrected chi connectivity index (χ2v) is 11.4. The van der Waals surface area contributed by atoms with Crippen molar-refractivity contribution in [2.75, 3.05) is 59.4 Å². The molecule has 0 unspecified atom stereocenters.